The van der Waals surface area contributed by atoms with Crippen LogP contribution >= 0.6 is 0 Å². The van der Waals surface area contributed by atoms with Crippen LogP contribution in [0.1, 0.15) is 26.2 Å². The summed E-state index contributed by atoms with van der Waals surface area (Å²) in [5, 5.41) is 14.0. The van der Waals surface area contributed by atoms with Crippen molar-refractivity contribution in [1.82, 2.24) is 0 Å². The Morgan fingerprint density at radius 1 is 1.50 bits per heavy atom. The highest BCUT2D eigenvalue weighted by Gasteiger charge is 2.15. The molecule has 0 unspecified atom stereocenters. The molecule has 3 N–H and O–H groups in total. The van der Waals surface area contributed by atoms with Crippen molar-refractivity contribution >= 4 is 17.3 Å². The summed E-state index contributed by atoms with van der Waals surface area (Å²) in [6.07, 6.45) is 1.68. The van der Waals surface area contributed by atoms with Gasteiger partial charge in [-0.05, 0) is 18.9 Å². The summed E-state index contributed by atoms with van der Waals surface area (Å²) in [7, 11) is 0. The van der Waals surface area contributed by atoms with E-state index < -0.39 is 4.92 Å². The number of nitro groups is 1. The van der Waals surface area contributed by atoms with Crippen LogP contribution in [0.5, 0.6) is 5.75 Å². The molecule has 1 aromatic carbocycles. The maximum atomic E-state index is 10.9. The molecule has 0 bridgehead atoms. The summed E-state index contributed by atoms with van der Waals surface area (Å²) >= 11 is 0. The highest BCUT2D eigenvalue weighted by molar-refractivity contribution is 5.73. The first-order chi connectivity index (χ1) is 9.54. The summed E-state index contributed by atoms with van der Waals surface area (Å²) in [5.74, 6) is -0.0979. The number of anilines is 1. The number of nitro benzene ring substituents is 1. The normalized spacial score (nSPS) is 10.1. The molecule has 1 amide bonds. The van der Waals surface area contributed by atoms with Crippen LogP contribution in [-0.2, 0) is 4.79 Å². The third-order valence-electron chi connectivity index (χ3n) is 2.55. The van der Waals surface area contributed by atoms with Gasteiger partial charge in [-0.3, -0.25) is 14.9 Å². The van der Waals surface area contributed by atoms with Gasteiger partial charge in [0.15, 0.2) is 5.75 Å². The first-order valence-electron chi connectivity index (χ1n) is 6.48. The molecule has 0 aliphatic heterocycles. The van der Waals surface area contributed by atoms with Crippen molar-refractivity contribution in [1.29, 1.82) is 0 Å². The number of primary amides is 1. The number of nitrogens with two attached hydrogens (primary N) is 1. The van der Waals surface area contributed by atoms with Crippen molar-refractivity contribution < 1.29 is 14.5 Å². The fourth-order valence-corrected chi connectivity index (χ4v) is 1.60. The molecule has 0 spiro atoms. The number of ether oxygens (including phenoxy) is 1. The van der Waals surface area contributed by atoms with Crippen LogP contribution in [0.4, 0.5) is 11.4 Å². The lowest BCUT2D eigenvalue weighted by molar-refractivity contribution is -0.385. The molecule has 0 aliphatic carbocycles. The first-order valence-corrected chi connectivity index (χ1v) is 6.48. The van der Waals surface area contributed by atoms with E-state index in [2.05, 4.69) is 5.32 Å². The summed E-state index contributed by atoms with van der Waals surface area (Å²) < 4.78 is 5.38. The maximum Gasteiger partial charge on any atom is 0.311 e. The van der Waals surface area contributed by atoms with Gasteiger partial charge in [0.05, 0.1) is 11.5 Å². The van der Waals surface area contributed by atoms with Gasteiger partial charge in [0.25, 0.3) is 0 Å². The quantitative estimate of drug-likeness (QED) is 0.409. The minimum Gasteiger partial charge on any atom is -0.487 e. The minimum absolute atomic E-state index is 0.0545. The second-order valence-corrected chi connectivity index (χ2v) is 4.28. The van der Waals surface area contributed by atoms with Gasteiger partial charge in [-0.15, -0.1) is 0 Å². The zero-order valence-corrected chi connectivity index (χ0v) is 11.4. The van der Waals surface area contributed by atoms with Gasteiger partial charge in [0.1, 0.15) is 0 Å². The topological polar surface area (TPSA) is 107 Å². The Morgan fingerprint density at radius 2 is 2.25 bits per heavy atom. The van der Waals surface area contributed by atoms with Crippen LogP contribution in [-0.4, -0.2) is 24.0 Å². The highest BCUT2D eigenvalue weighted by atomic mass is 16.6. The maximum absolute atomic E-state index is 10.9. The molecule has 0 saturated heterocycles. The summed E-state index contributed by atoms with van der Waals surface area (Å²) in [4.78, 5) is 21.0. The van der Waals surface area contributed by atoms with E-state index >= 15 is 0 Å². The average Bonchev–Trinajstić information content (AvgIpc) is 2.41. The lowest BCUT2D eigenvalue weighted by atomic mass is 10.2. The molecule has 1 aromatic rings. The largest absolute Gasteiger partial charge is 0.487 e. The number of benzene rings is 1. The Bertz CT molecular complexity index is 477. The van der Waals surface area contributed by atoms with Gasteiger partial charge in [-0.2, -0.15) is 0 Å². The lowest BCUT2D eigenvalue weighted by Gasteiger charge is -2.09. The molecule has 20 heavy (non-hydrogen) atoms. The Labute approximate surface area is 117 Å². The first kappa shape index (κ1) is 15.7. The fourth-order valence-electron chi connectivity index (χ4n) is 1.60. The highest BCUT2D eigenvalue weighted by Crippen LogP contribution is 2.30. The number of hydrogen-bond acceptors (Lipinski definition) is 5. The monoisotopic (exact) mass is 281 g/mol. The van der Waals surface area contributed by atoms with E-state index in [1.54, 1.807) is 12.1 Å². The van der Waals surface area contributed by atoms with Crippen molar-refractivity contribution in [3.8, 4) is 5.75 Å². The van der Waals surface area contributed by atoms with Crippen molar-refractivity contribution in [2.75, 3.05) is 18.5 Å². The van der Waals surface area contributed by atoms with Crippen LogP contribution < -0.4 is 15.8 Å². The van der Waals surface area contributed by atoms with Gasteiger partial charge in [-0.25, -0.2) is 0 Å². The van der Waals surface area contributed by atoms with Crippen LogP contribution in [0, 0.1) is 10.1 Å². The average molecular weight is 281 g/mol. The van der Waals surface area contributed by atoms with E-state index in [1.807, 2.05) is 6.92 Å². The predicted octanol–water partition coefficient (Wildman–Crippen LogP) is 2.06. The molecule has 0 aromatic heterocycles. The Kier molecular flexibility index (Phi) is 6.28. The molecule has 0 heterocycles. The van der Waals surface area contributed by atoms with Crippen LogP contribution in [0.2, 0.25) is 0 Å². The van der Waals surface area contributed by atoms with E-state index in [1.165, 1.54) is 6.07 Å². The van der Waals surface area contributed by atoms with Crippen LogP contribution in [0.15, 0.2) is 18.2 Å². The van der Waals surface area contributed by atoms with Gasteiger partial charge in [0.2, 0.25) is 5.91 Å². The fraction of sp³-hybridized carbons (Fsp3) is 0.462. The van der Waals surface area contributed by atoms with E-state index in [9.17, 15) is 14.9 Å². The Morgan fingerprint density at radius 3 is 2.85 bits per heavy atom. The number of carbonyl (C=O) groups excluding carboxylic acids is 1. The van der Waals surface area contributed by atoms with Gasteiger partial charge in [0, 0.05) is 30.8 Å². The standard InChI is InChI=1S/C13H19N3O4/c1-2-8-20-12-9-10(5-6-11(12)16(18)19)15-7-3-4-13(14)17/h5-6,9,15H,2-4,7-8H2,1H3,(H2,14,17). The minimum atomic E-state index is -0.470. The third-order valence-corrected chi connectivity index (χ3v) is 2.55. The van der Waals surface area contributed by atoms with Crippen LogP contribution in [0.25, 0.3) is 0 Å². The summed E-state index contributed by atoms with van der Waals surface area (Å²) in [6.45, 7) is 2.91. The van der Waals surface area contributed by atoms with Gasteiger partial charge < -0.3 is 15.8 Å². The molecular weight excluding hydrogens is 262 g/mol. The zero-order chi connectivity index (χ0) is 15.0. The van der Waals surface area contributed by atoms with Gasteiger partial charge in [-0.1, -0.05) is 6.92 Å². The molecule has 1 rings (SSSR count). The molecule has 0 saturated carbocycles. The Hall–Kier alpha value is -2.31. The van der Waals surface area contributed by atoms with E-state index in [-0.39, 0.29) is 17.3 Å². The molecule has 0 atom stereocenters. The predicted molar refractivity (Wildman–Crippen MR) is 75.8 cm³/mol. The molecule has 7 nitrogen and oxygen atoms in total. The second kappa shape index (κ2) is 7.98. The second-order valence-electron chi connectivity index (χ2n) is 4.28. The van der Waals surface area contributed by atoms with E-state index in [0.717, 1.165) is 6.42 Å². The van der Waals surface area contributed by atoms with E-state index in [0.29, 0.717) is 31.7 Å². The number of hydrogen-bond donors (Lipinski definition) is 2. The number of rotatable bonds is 9. The lowest BCUT2D eigenvalue weighted by Crippen LogP contribution is -2.12. The van der Waals surface area contributed by atoms with Crippen molar-refractivity contribution in [3.63, 3.8) is 0 Å². The SMILES string of the molecule is CCCOc1cc(NCCCC(N)=O)ccc1[N+](=O)[O-]. The molecule has 110 valence electrons. The van der Waals surface area contributed by atoms with Crippen molar-refractivity contribution in [2.24, 2.45) is 5.73 Å². The molecule has 7 heteroatoms. The van der Waals surface area contributed by atoms with Gasteiger partial charge >= 0.3 is 5.69 Å². The number of carbonyl (C=O) groups is 1. The molecule has 0 aliphatic rings. The molecule has 0 radical (unpaired) electrons. The zero-order valence-electron chi connectivity index (χ0n) is 11.4. The number of amides is 1. The smallest absolute Gasteiger partial charge is 0.311 e. The number of nitrogens with one attached hydrogen (secondary N) is 1. The number of nitrogens with zero attached hydrogens (tertiary/aromatic N) is 1. The Balaban J connectivity index is 2.68. The van der Waals surface area contributed by atoms with Crippen molar-refractivity contribution in [3.05, 3.63) is 28.3 Å². The molecular formula is C13H19N3O4. The third kappa shape index (κ3) is 5.13. The molecule has 0 fully saturated rings. The summed E-state index contributed by atoms with van der Waals surface area (Å²) in [6, 6.07) is 4.61. The summed E-state index contributed by atoms with van der Waals surface area (Å²) in [5.41, 5.74) is 5.70. The van der Waals surface area contributed by atoms with Crippen molar-refractivity contribution in [2.45, 2.75) is 26.2 Å². The van der Waals surface area contributed by atoms with Crippen LogP contribution in [0.3, 0.4) is 0 Å². The van der Waals surface area contributed by atoms with E-state index in [4.69, 9.17) is 10.5 Å².